The number of hydrogen-bond donors (Lipinski definition) is 3. The number of nitrogens with one attached hydrogen (secondary N) is 1. The fraction of sp³-hybridized carbons (Fsp3) is 0.462. The van der Waals surface area contributed by atoms with Gasteiger partial charge in [-0.15, -0.1) is 0 Å². The monoisotopic (exact) mass is 235 g/mol. The van der Waals surface area contributed by atoms with Crippen LogP contribution in [0.5, 0.6) is 0 Å². The van der Waals surface area contributed by atoms with Crippen molar-refractivity contribution in [3.8, 4) is 0 Å². The second-order valence-corrected chi connectivity index (χ2v) is 4.20. The van der Waals surface area contributed by atoms with Crippen LogP contribution in [0, 0.1) is 0 Å². The van der Waals surface area contributed by atoms with Gasteiger partial charge in [0.2, 0.25) is 5.91 Å². The molecule has 0 heterocycles. The number of rotatable bonds is 6. The Balaban J connectivity index is 2.88. The quantitative estimate of drug-likeness (QED) is 0.662. The van der Waals surface area contributed by atoms with Crippen LogP contribution in [0.15, 0.2) is 18.2 Å². The van der Waals surface area contributed by atoms with Gasteiger partial charge in [0.15, 0.2) is 0 Å². The van der Waals surface area contributed by atoms with Crippen LogP contribution in [-0.4, -0.2) is 11.9 Å². The molecule has 0 aliphatic carbocycles. The van der Waals surface area contributed by atoms with E-state index in [2.05, 4.69) is 19.2 Å². The number of primary amides is 1. The Labute approximate surface area is 102 Å². The Bertz CT molecular complexity index is 390. The van der Waals surface area contributed by atoms with Crippen molar-refractivity contribution in [3.05, 3.63) is 23.8 Å². The van der Waals surface area contributed by atoms with E-state index in [0.29, 0.717) is 17.3 Å². The van der Waals surface area contributed by atoms with Gasteiger partial charge in [-0.2, -0.15) is 0 Å². The highest BCUT2D eigenvalue weighted by Gasteiger charge is 2.09. The molecular formula is C13H21N3O. The normalized spacial score (nSPS) is 12.1. The average molecular weight is 235 g/mol. The molecule has 0 saturated carbocycles. The summed E-state index contributed by atoms with van der Waals surface area (Å²) >= 11 is 0. The van der Waals surface area contributed by atoms with Crippen LogP contribution in [0.1, 0.15) is 43.5 Å². The number of carbonyl (C=O) groups is 1. The number of nitrogens with two attached hydrogens (primary N) is 2. The van der Waals surface area contributed by atoms with Crippen LogP contribution in [0.3, 0.4) is 0 Å². The van der Waals surface area contributed by atoms with E-state index in [0.717, 1.165) is 24.9 Å². The van der Waals surface area contributed by atoms with Gasteiger partial charge in [0.1, 0.15) is 0 Å². The largest absolute Gasteiger partial charge is 0.397 e. The summed E-state index contributed by atoms with van der Waals surface area (Å²) in [6.45, 7) is 4.27. The summed E-state index contributed by atoms with van der Waals surface area (Å²) in [5.41, 5.74) is 13.0. The molecule has 0 radical (unpaired) electrons. The van der Waals surface area contributed by atoms with Crippen molar-refractivity contribution in [1.82, 2.24) is 0 Å². The first-order valence-corrected chi connectivity index (χ1v) is 6.04. The van der Waals surface area contributed by atoms with Crippen molar-refractivity contribution in [3.63, 3.8) is 0 Å². The highest BCUT2D eigenvalue weighted by molar-refractivity contribution is 5.94. The van der Waals surface area contributed by atoms with E-state index < -0.39 is 5.91 Å². The SMILES string of the molecule is CCCC(CC)Nc1cc(C(N)=O)ccc1N. The van der Waals surface area contributed by atoms with Gasteiger partial charge >= 0.3 is 0 Å². The van der Waals surface area contributed by atoms with Gasteiger partial charge in [-0.05, 0) is 31.0 Å². The number of anilines is 2. The van der Waals surface area contributed by atoms with Crippen LogP contribution >= 0.6 is 0 Å². The van der Waals surface area contributed by atoms with E-state index in [9.17, 15) is 4.79 Å². The first-order valence-electron chi connectivity index (χ1n) is 6.04. The maximum absolute atomic E-state index is 11.1. The minimum Gasteiger partial charge on any atom is -0.397 e. The van der Waals surface area contributed by atoms with Gasteiger partial charge in [-0.25, -0.2) is 0 Å². The molecule has 0 spiro atoms. The molecule has 4 heteroatoms. The summed E-state index contributed by atoms with van der Waals surface area (Å²) in [5.74, 6) is -0.434. The third-order valence-corrected chi connectivity index (χ3v) is 2.83. The molecule has 0 aliphatic heterocycles. The van der Waals surface area contributed by atoms with Crippen LogP contribution < -0.4 is 16.8 Å². The summed E-state index contributed by atoms with van der Waals surface area (Å²) in [5, 5.41) is 3.36. The molecule has 0 bridgehead atoms. The molecule has 0 aliphatic rings. The molecule has 0 fully saturated rings. The predicted molar refractivity (Wildman–Crippen MR) is 72.0 cm³/mol. The molecule has 17 heavy (non-hydrogen) atoms. The van der Waals surface area contributed by atoms with E-state index in [1.54, 1.807) is 18.2 Å². The zero-order chi connectivity index (χ0) is 12.8. The van der Waals surface area contributed by atoms with Gasteiger partial charge in [0.05, 0.1) is 11.4 Å². The van der Waals surface area contributed by atoms with Crippen molar-refractivity contribution in [2.24, 2.45) is 5.73 Å². The number of hydrogen-bond acceptors (Lipinski definition) is 3. The summed E-state index contributed by atoms with van der Waals surface area (Å²) in [4.78, 5) is 11.1. The molecule has 1 amide bonds. The average Bonchev–Trinajstić information content (AvgIpc) is 2.30. The zero-order valence-electron chi connectivity index (χ0n) is 10.5. The summed E-state index contributed by atoms with van der Waals surface area (Å²) in [6, 6.07) is 5.45. The van der Waals surface area contributed by atoms with Gasteiger partial charge in [0, 0.05) is 11.6 Å². The smallest absolute Gasteiger partial charge is 0.248 e. The van der Waals surface area contributed by atoms with Crippen molar-refractivity contribution in [2.45, 2.75) is 39.2 Å². The van der Waals surface area contributed by atoms with Gasteiger partial charge in [-0.1, -0.05) is 20.3 Å². The predicted octanol–water partition coefficient (Wildman–Crippen LogP) is 2.36. The van der Waals surface area contributed by atoms with E-state index in [4.69, 9.17) is 11.5 Å². The first-order chi connectivity index (χ1) is 8.08. The lowest BCUT2D eigenvalue weighted by Gasteiger charge is -2.19. The summed E-state index contributed by atoms with van der Waals surface area (Å²) < 4.78 is 0. The molecular weight excluding hydrogens is 214 g/mol. The lowest BCUT2D eigenvalue weighted by Crippen LogP contribution is -2.19. The van der Waals surface area contributed by atoms with Crippen molar-refractivity contribution < 1.29 is 4.79 Å². The Morgan fingerprint density at radius 3 is 2.65 bits per heavy atom. The Kier molecular flexibility index (Phi) is 4.82. The zero-order valence-corrected chi connectivity index (χ0v) is 10.5. The Hall–Kier alpha value is -1.71. The molecule has 4 nitrogen and oxygen atoms in total. The molecule has 1 unspecified atom stereocenters. The molecule has 1 aromatic carbocycles. The number of benzene rings is 1. The minimum atomic E-state index is -0.434. The first kappa shape index (κ1) is 13.4. The minimum absolute atomic E-state index is 0.380. The Morgan fingerprint density at radius 2 is 2.12 bits per heavy atom. The molecule has 0 saturated heterocycles. The van der Waals surface area contributed by atoms with Crippen LogP contribution in [-0.2, 0) is 0 Å². The number of amides is 1. The third-order valence-electron chi connectivity index (χ3n) is 2.83. The van der Waals surface area contributed by atoms with Gasteiger partial charge < -0.3 is 16.8 Å². The van der Waals surface area contributed by atoms with Crippen LogP contribution in [0.25, 0.3) is 0 Å². The molecule has 1 aromatic rings. The van der Waals surface area contributed by atoms with E-state index in [1.165, 1.54) is 0 Å². The number of carbonyl (C=O) groups excluding carboxylic acids is 1. The van der Waals surface area contributed by atoms with Gasteiger partial charge in [-0.3, -0.25) is 4.79 Å². The molecule has 1 atom stereocenters. The maximum atomic E-state index is 11.1. The lowest BCUT2D eigenvalue weighted by atomic mass is 10.1. The van der Waals surface area contributed by atoms with E-state index in [-0.39, 0.29) is 0 Å². The third kappa shape index (κ3) is 3.66. The van der Waals surface area contributed by atoms with Crippen molar-refractivity contribution >= 4 is 17.3 Å². The highest BCUT2D eigenvalue weighted by Crippen LogP contribution is 2.22. The van der Waals surface area contributed by atoms with Gasteiger partial charge in [0.25, 0.3) is 0 Å². The molecule has 5 N–H and O–H groups in total. The van der Waals surface area contributed by atoms with Crippen LogP contribution in [0.4, 0.5) is 11.4 Å². The van der Waals surface area contributed by atoms with E-state index >= 15 is 0 Å². The summed E-state index contributed by atoms with van der Waals surface area (Å²) in [6.07, 6.45) is 3.21. The molecule has 1 rings (SSSR count). The highest BCUT2D eigenvalue weighted by atomic mass is 16.1. The fourth-order valence-corrected chi connectivity index (χ4v) is 1.78. The second-order valence-electron chi connectivity index (χ2n) is 4.20. The topological polar surface area (TPSA) is 81.1 Å². The van der Waals surface area contributed by atoms with Crippen molar-refractivity contribution in [1.29, 1.82) is 0 Å². The maximum Gasteiger partial charge on any atom is 0.248 e. The number of nitrogen functional groups attached to an aromatic ring is 1. The fourth-order valence-electron chi connectivity index (χ4n) is 1.78. The standard InChI is InChI=1S/C13H21N3O/c1-3-5-10(4-2)16-12-8-9(13(15)17)6-7-11(12)14/h6-8,10,16H,3-5,14H2,1-2H3,(H2,15,17). The summed E-state index contributed by atoms with van der Waals surface area (Å²) in [7, 11) is 0. The van der Waals surface area contributed by atoms with Crippen molar-refractivity contribution in [2.75, 3.05) is 11.1 Å². The van der Waals surface area contributed by atoms with Crippen LogP contribution in [0.2, 0.25) is 0 Å². The Morgan fingerprint density at radius 1 is 1.41 bits per heavy atom. The molecule has 0 aromatic heterocycles. The second kappa shape index (κ2) is 6.13. The van der Waals surface area contributed by atoms with E-state index in [1.807, 2.05) is 0 Å². The molecule has 94 valence electrons. The lowest BCUT2D eigenvalue weighted by molar-refractivity contribution is 0.100.